The number of cyclic esters (lactones) is 1. The van der Waals surface area contributed by atoms with Crippen LogP contribution in [-0.2, 0) is 34.2 Å². The number of ether oxygens (including phenoxy) is 1. The lowest BCUT2D eigenvalue weighted by molar-refractivity contribution is -0.142. The molecule has 1 unspecified atom stereocenters. The van der Waals surface area contributed by atoms with Crippen LogP contribution in [0.5, 0.6) is 0 Å². The molecule has 0 amide bonds. The number of esters is 1. The maximum absolute atomic E-state index is 12.1. The van der Waals surface area contributed by atoms with Gasteiger partial charge in [-0.05, 0) is 49.4 Å². The van der Waals surface area contributed by atoms with Crippen molar-refractivity contribution in [1.82, 2.24) is 0 Å². The highest BCUT2D eigenvalue weighted by atomic mass is 32.3. The summed E-state index contributed by atoms with van der Waals surface area (Å²) in [7, 11) is -9.21. The lowest BCUT2D eigenvalue weighted by atomic mass is 9.46. The standard InChI is InChI=1S/C20H30O10S2/c1-12-4-7-16-19(2,9-8-17(20(16,3)11-21)30-32(26,27)28)14(12)6-5-13-15(31(23,24)25)10-29-18(13)22/h5,14-17,21H,1,4,6-11H2,2-3H3,(H,23,24,25)(H,26,27,28)/b13-5-/t14-,15?,16+,17-,19+,20+/m1/s1. The Kier molecular flexibility index (Phi) is 6.71. The molecule has 182 valence electrons. The van der Waals surface area contributed by atoms with Crippen LogP contribution in [0.25, 0.3) is 0 Å². The van der Waals surface area contributed by atoms with E-state index >= 15 is 0 Å². The van der Waals surface area contributed by atoms with Crippen LogP contribution in [0.1, 0.15) is 46.0 Å². The van der Waals surface area contributed by atoms with E-state index in [1.165, 1.54) is 6.08 Å². The lowest BCUT2D eigenvalue weighted by Gasteiger charge is -2.60. The highest BCUT2D eigenvalue weighted by Gasteiger charge is 2.59. The second kappa shape index (κ2) is 8.48. The minimum atomic E-state index is -4.70. The Hall–Kier alpha value is -1.31. The molecule has 3 rings (SSSR count). The van der Waals surface area contributed by atoms with E-state index in [1.807, 2.05) is 6.92 Å². The van der Waals surface area contributed by atoms with E-state index in [2.05, 4.69) is 6.58 Å². The summed E-state index contributed by atoms with van der Waals surface area (Å²) in [5.74, 6) is -1.18. The molecule has 6 atom stereocenters. The van der Waals surface area contributed by atoms with Gasteiger partial charge < -0.3 is 9.84 Å². The topological polar surface area (TPSA) is 164 Å². The van der Waals surface area contributed by atoms with E-state index in [0.29, 0.717) is 19.3 Å². The van der Waals surface area contributed by atoms with Gasteiger partial charge in [0.15, 0.2) is 5.25 Å². The zero-order valence-electron chi connectivity index (χ0n) is 18.1. The first-order valence-electron chi connectivity index (χ1n) is 10.4. The van der Waals surface area contributed by atoms with Gasteiger partial charge in [0.05, 0.1) is 18.3 Å². The fraction of sp³-hybridized carbons (Fsp3) is 0.750. The number of allylic oxidation sites excluding steroid dienone is 2. The maximum atomic E-state index is 12.1. The van der Waals surface area contributed by atoms with Gasteiger partial charge in [-0.1, -0.05) is 32.1 Å². The van der Waals surface area contributed by atoms with E-state index in [4.69, 9.17) is 8.92 Å². The molecule has 0 aromatic rings. The van der Waals surface area contributed by atoms with Crippen LogP contribution in [0, 0.1) is 22.7 Å². The molecule has 3 aliphatic rings. The Morgan fingerprint density at radius 2 is 1.88 bits per heavy atom. The number of hydrogen-bond acceptors (Lipinski definition) is 8. The van der Waals surface area contributed by atoms with E-state index in [1.54, 1.807) is 6.92 Å². The fourth-order valence-electron chi connectivity index (χ4n) is 6.09. The molecule has 1 aliphatic heterocycles. The number of hydrogen-bond donors (Lipinski definition) is 3. The third-order valence-corrected chi connectivity index (χ3v) is 9.36. The minimum absolute atomic E-state index is 0.112. The SMILES string of the molecule is C=C1CC[C@@H]2[C@](C)(CO)[C@H](OS(=O)(=O)O)CC[C@@]2(C)[C@@H]1C/C=C1\C(=O)OCC1S(=O)(=O)O. The van der Waals surface area contributed by atoms with Crippen LogP contribution in [0.15, 0.2) is 23.8 Å². The van der Waals surface area contributed by atoms with Crippen LogP contribution in [0.2, 0.25) is 0 Å². The van der Waals surface area contributed by atoms with Crippen molar-refractivity contribution >= 4 is 26.5 Å². The summed E-state index contributed by atoms with van der Waals surface area (Å²) in [5.41, 5.74) is -0.624. The molecule has 0 spiro atoms. The van der Waals surface area contributed by atoms with Crippen LogP contribution >= 0.6 is 0 Å². The first kappa shape index (κ1) is 25.3. The number of rotatable bonds is 6. The molecule has 1 saturated heterocycles. The number of aliphatic hydroxyl groups is 1. The highest BCUT2D eigenvalue weighted by Crippen LogP contribution is 2.62. The molecule has 0 aromatic heterocycles. The summed E-state index contributed by atoms with van der Waals surface area (Å²) in [6.07, 6.45) is 2.84. The van der Waals surface area contributed by atoms with Crippen molar-refractivity contribution in [1.29, 1.82) is 0 Å². The smallest absolute Gasteiger partial charge is 0.397 e. The van der Waals surface area contributed by atoms with E-state index in [0.717, 1.165) is 5.57 Å². The van der Waals surface area contributed by atoms with Gasteiger partial charge in [0.1, 0.15) is 6.61 Å². The third kappa shape index (κ3) is 4.53. The van der Waals surface area contributed by atoms with Crippen molar-refractivity contribution in [3.8, 4) is 0 Å². The van der Waals surface area contributed by atoms with Gasteiger partial charge >= 0.3 is 16.4 Å². The van der Waals surface area contributed by atoms with E-state index < -0.39 is 55.3 Å². The Bertz CT molecular complexity index is 1030. The Labute approximate surface area is 188 Å². The fourth-order valence-corrected chi connectivity index (χ4v) is 7.45. The highest BCUT2D eigenvalue weighted by molar-refractivity contribution is 7.86. The van der Waals surface area contributed by atoms with Gasteiger partial charge in [0.25, 0.3) is 10.1 Å². The van der Waals surface area contributed by atoms with Crippen molar-refractivity contribution in [2.75, 3.05) is 13.2 Å². The molecule has 2 saturated carbocycles. The zero-order valence-corrected chi connectivity index (χ0v) is 19.7. The first-order valence-corrected chi connectivity index (χ1v) is 13.3. The molecular weight excluding hydrogens is 464 g/mol. The number of carbonyl (C=O) groups is 1. The van der Waals surface area contributed by atoms with Crippen LogP contribution in [0.3, 0.4) is 0 Å². The third-order valence-electron chi connectivity index (χ3n) is 7.78. The lowest BCUT2D eigenvalue weighted by Crippen LogP contribution is -2.58. The average Bonchev–Trinajstić information content (AvgIpc) is 3.04. The molecule has 32 heavy (non-hydrogen) atoms. The van der Waals surface area contributed by atoms with E-state index in [9.17, 15) is 35.8 Å². The van der Waals surface area contributed by atoms with Gasteiger partial charge in [0.2, 0.25) is 0 Å². The van der Waals surface area contributed by atoms with Crippen molar-refractivity contribution in [2.45, 2.75) is 57.3 Å². The molecule has 10 nitrogen and oxygen atoms in total. The molecule has 0 aromatic carbocycles. The van der Waals surface area contributed by atoms with Crippen LogP contribution < -0.4 is 0 Å². The predicted molar refractivity (Wildman–Crippen MR) is 113 cm³/mol. The zero-order chi connectivity index (χ0) is 24.1. The van der Waals surface area contributed by atoms with Crippen LogP contribution in [-0.4, -0.2) is 61.6 Å². The largest absolute Gasteiger partial charge is 0.460 e. The molecule has 0 radical (unpaired) electrons. The van der Waals surface area contributed by atoms with Crippen molar-refractivity contribution < 1.29 is 44.8 Å². The second-order valence-electron chi connectivity index (χ2n) is 9.52. The molecule has 1 heterocycles. The number of fused-ring (bicyclic) bond motifs is 1. The maximum Gasteiger partial charge on any atom is 0.397 e. The summed E-state index contributed by atoms with van der Waals surface area (Å²) in [6, 6.07) is 0. The molecular formula is C20H30O10S2. The molecule has 3 N–H and O–H groups in total. The molecule has 12 heteroatoms. The van der Waals surface area contributed by atoms with Crippen LogP contribution in [0.4, 0.5) is 0 Å². The predicted octanol–water partition coefficient (Wildman–Crippen LogP) is 1.69. The Morgan fingerprint density at radius 1 is 1.22 bits per heavy atom. The first-order chi connectivity index (χ1) is 14.6. The summed E-state index contributed by atoms with van der Waals surface area (Å²) < 4.78 is 74.4. The minimum Gasteiger partial charge on any atom is -0.460 e. The normalized spacial score (nSPS) is 39.7. The summed E-state index contributed by atoms with van der Waals surface area (Å²) in [4.78, 5) is 12.1. The van der Waals surface area contributed by atoms with Crippen molar-refractivity contribution in [3.05, 3.63) is 23.8 Å². The summed E-state index contributed by atoms with van der Waals surface area (Å²) in [5, 5.41) is 8.80. The monoisotopic (exact) mass is 494 g/mol. The average molecular weight is 495 g/mol. The van der Waals surface area contributed by atoms with Gasteiger partial charge in [-0.2, -0.15) is 16.8 Å². The number of aliphatic hydroxyl groups excluding tert-OH is 1. The Morgan fingerprint density at radius 3 is 2.44 bits per heavy atom. The van der Waals surface area contributed by atoms with Gasteiger partial charge in [-0.3, -0.25) is 9.11 Å². The Balaban J connectivity index is 1.94. The van der Waals surface area contributed by atoms with Crippen molar-refractivity contribution in [2.24, 2.45) is 22.7 Å². The van der Waals surface area contributed by atoms with Gasteiger partial charge in [-0.25, -0.2) is 8.98 Å². The van der Waals surface area contributed by atoms with E-state index in [-0.39, 0.29) is 36.9 Å². The number of carbonyl (C=O) groups excluding carboxylic acids is 1. The summed E-state index contributed by atoms with van der Waals surface area (Å²) >= 11 is 0. The summed E-state index contributed by atoms with van der Waals surface area (Å²) in [6.45, 7) is 7.12. The quantitative estimate of drug-likeness (QED) is 0.214. The molecule has 3 fully saturated rings. The van der Waals surface area contributed by atoms with Crippen molar-refractivity contribution in [3.63, 3.8) is 0 Å². The van der Waals surface area contributed by atoms with Gasteiger partial charge in [0, 0.05) is 5.41 Å². The second-order valence-corrected chi connectivity index (χ2v) is 12.2. The molecule has 0 bridgehead atoms. The molecule has 2 aliphatic carbocycles. The van der Waals surface area contributed by atoms with Gasteiger partial charge in [-0.15, -0.1) is 0 Å².